The van der Waals surface area contributed by atoms with Gasteiger partial charge in [0.15, 0.2) is 0 Å². The third-order valence-electron chi connectivity index (χ3n) is 3.31. The van der Waals surface area contributed by atoms with Crippen molar-refractivity contribution in [2.75, 3.05) is 6.61 Å². The molecule has 0 bridgehead atoms. The van der Waals surface area contributed by atoms with Crippen molar-refractivity contribution in [1.82, 2.24) is 10.6 Å². The summed E-state index contributed by atoms with van der Waals surface area (Å²) < 4.78 is 4.93. The van der Waals surface area contributed by atoms with Crippen LogP contribution in [-0.2, 0) is 25.7 Å². The Morgan fingerprint density at radius 3 is 2.27 bits per heavy atom. The van der Waals surface area contributed by atoms with E-state index in [1.165, 1.54) is 0 Å². The Kier molecular flexibility index (Phi) is 8.58. The number of nitrogens with two attached hydrogens (primary N) is 1. The van der Waals surface area contributed by atoms with Crippen LogP contribution in [0.5, 0.6) is 0 Å². The summed E-state index contributed by atoms with van der Waals surface area (Å²) in [5, 5.41) is 22.2. The van der Waals surface area contributed by atoms with Gasteiger partial charge in [-0.3, -0.25) is 14.4 Å². The molecule has 6 N–H and O–H groups in total. The minimum atomic E-state index is -1.38. The van der Waals surface area contributed by atoms with E-state index in [0.29, 0.717) is 0 Å². The molecule has 1 aromatic rings. The SMILES string of the molecule is NC(=O)[C@H](CCC(=O)O)NC(=O)[C@H](CO)NC(=O)OCc1ccccc1. The third-order valence-corrected chi connectivity index (χ3v) is 3.31. The molecule has 1 aromatic carbocycles. The molecule has 0 saturated heterocycles. The number of aliphatic hydroxyl groups is 1. The fourth-order valence-electron chi connectivity index (χ4n) is 1.93. The zero-order valence-corrected chi connectivity index (χ0v) is 13.9. The largest absolute Gasteiger partial charge is 0.481 e. The summed E-state index contributed by atoms with van der Waals surface area (Å²) in [6, 6.07) is 6.19. The number of alkyl carbamates (subject to hydrolysis) is 1. The summed E-state index contributed by atoms with van der Waals surface area (Å²) in [5.74, 6) is -2.98. The summed E-state index contributed by atoms with van der Waals surface area (Å²) in [5.41, 5.74) is 5.84. The van der Waals surface area contributed by atoms with Crippen LogP contribution in [0.4, 0.5) is 4.79 Å². The lowest BCUT2D eigenvalue weighted by atomic mass is 10.1. The first-order valence-corrected chi connectivity index (χ1v) is 7.73. The molecule has 0 aliphatic rings. The first-order chi connectivity index (χ1) is 12.3. The van der Waals surface area contributed by atoms with E-state index < -0.39 is 42.6 Å². The summed E-state index contributed by atoms with van der Waals surface area (Å²) in [7, 11) is 0. The van der Waals surface area contributed by atoms with Gasteiger partial charge in [-0.2, -0.15) is 0 Å². The van der Waals surface area contributed by atoms with E-state index in [1.807, 2.05) is 0 Å². The molecule has 0 saturated carbocycles. The number of ether oxygens (including phenoxy) is 1. The molecular weight excluding hydrogens is 346 g/mol. The van der Waals surface area contributed by atoms with Crippen molar-refractivity contribution in [2.45, 2.75) is 31.5 Å². The normalized spacial score (nSPS) is 12.5. The van der Waals surface area contributed by atoms with Gasteiger partial charge >= 0.3 is 12.1 Å². The average Bonchev–Trinajstić information content (AvgIpc) is 2.61. The van der Waals surface area contributed by atoms with Crippen LogP contribution >= 0.6 is 0 Å². The van der Waals surface area contributed by atoms with Crippen molar-refractivity contribution in [3.05, 3.63) is 35.9 Å². The van der Waals surface area contributed by atoms with Gasteiger partial charge in [0, 0.05) is 6.42 Å². The van der Waals surface area contributed by atoms with Gasteiger partial charge in [0.25, 0.3) is 0 Å². The number of carbonyl (C=O) groups excluding carboxylic acids is 3. The zero-order chi connectivity index (χ0) is 19.5. The molecule has 26 heavy (non-hydrogen) atoms. The van der Waals surface area contributed by atoms with Gasteiger partial charge in [-0.25, -0.2) is 4.79 Å². The summed E-state index contributed by atoms with van der Waals surface area (Å²) in [6.07, 6.45) is -1.54. The Morgan fingerprint density at radius 2 is 1.73 bits per heavy atom. The highest BCUT2D eigenvalue weighted by Crippen LogP contribution is 2.01. The summed E-state index contributed by atoms with van der Waals surface area (Å²) in [4.78, 5) is 45.6. The second kappa shape index (κ2) is 10.7. The van der Waals surface area contributed by atoms with Crippen LogP contribution in [0, 0.1) is 0 Å². The number of aliphatic hydroxyl groups excluding tert-OH is 1. The van der Waals surface area contributed by atoms with E-state index in [1.54, 1.807) is 30.3 Å². The van der Waals surface area contributed by atoms with Crippen LogP contribution in [0.2, 0.25) is 0 Å². The molecule has 10 heteroatoms. The number of carbonyl (C=O) groups is 4. The fraction of sp³-hybridized carbons (Fsp3) is 0.375. The molecule has 0 unspecified atom stereocenters. The van der Waals surface area contributed by atoms with Crippen molar-refractivity contribution < 1.29 is 34.1 Å². The molecule has 0 spiro atoms. The number of hydrogen-bond donors (Lipinski definition) is 5. The second-order valence-corrected chi connectivity index (χ2v) is 5.34. The first-order valence-electron chi connectivity index (χ1n) is 7.73. The van der Waals surface area contributed by atoms with Crippen LogP contribution in [0.3, 0.4) is 0 Å². The number of aliphatic carboxylic acids is 1. The van der Waals surface area contributed by atoms with Crippen LogP contribution in [0.15, 0.2) is 30.3 Å². The highest BCUT2D eigenvalue weighted by atomic mass is 16.5. The topological polar surface area (TPSA) is 168 Å². The van der Waals surface area contributed by atoms with Gasteiger partial charge in [0.1, 0.15) is 18.7 Å². The summed E-state index contributed by atoms with van der Waals surface area (Å²) >= 11 is 0. The van der Waals surface area contributed by atoms with Crippen molar-refractivity contribution in [3.8, 4) is 0 Å². The van der Waals surface area contributed by atoms with Crippen molar-refractivity contribution in [2.24, 2.45) is 5.73 Å². The monoisotopic (exact) mass is 367 g/mol. The van der Waals surface area contributed by atoms with Crippen molar-refractivity contribution in [1.29, 1.82) is 0 Å². The number of primary amides is 1. The molecule has 0 heterocycles. The highest BCUT2D eigenvalue weighted by Gasteiger charge is 2.26. The smallest absolute Gasteiger partial charge is 0.408 e. The van der Waals surface area contributed by atoms with Crippen LogP contribution < -0.4 is 16.4 Å². The maximum atomic E-state index is 12.0. The van der Waals surface area contributed by atoms with Crippen molar-refractivity contribution >= 4 is 23.9 Å². The van der Waals surface area contributed by atoms with E-state index in [9.17, 15) is 24.3 Å². The number of nitrogens with one attached hydrogen (secondary N) is 2. The summed E-state index contributed by atoms with van der Waals surface area (Å²) in [6.45, 7) is -0.786. The van der Waals surface area contributed by atoms with Gasteiger partial charge in [-0.05, 0) is 12.0 Å². The molecular formula is C16H21N3O7. The molecule has 0 fully saturated rings. The van der Waals surface area contributed by atoms with Crippen LogP contribution in [0.25, 0.3) is 0 Å². The minimum absolute atomic E-state index is 0.0328. The number of rotatable bonds is 10. The van der Waals surface area contributed by atoms with E-state index in [2.05, 4.69) is 10.6 Å². The third kappa shape index (κ3) is 7.62. The van der Waals surface area contributed by atoms with E-state index in [0.717, 1.165) is 5.56 Å². The lowest BCUT2D eigenvalue weighted by Crippen LogP contribution is -2.54. The molecule has 2 atom stereocenters. The van der Waals surface area contributed by atoms with Gasteiger partial charge in [0.05, 0.1) is 6.61 Å². The van der Waals surface area contributed by atoms with E-state index in [-0.39, 0.29) is 19.4 Å². The first kappa shape index (κ1) is 20.9. The molecule has 0 aliphatic heterocycles. The molecule has 142 valence electrons. The number of carboxylic acid groups (broad SMARTS) is 1. The zero-order valence-electron chi connectivity index (χ0n) is 13.9. The number of hydrogen-bond acceptors (Lipinski definition) is 6. The quantitative estimate of drug-likeness (QED) is 0.357. The Balaban J connectivity index is 2.54. The van der Waals surface area contributed by atoms with Crippen molar-refractivity contribution in [3.63, 3.8) is 0 Å². The van der Waals surface area contributed by atoms with Gasteiger partial charge < -0.3 is 31.3 Å². The standard InChI is InChI=1S/C16H21N3O7/c17-14(23)11(6-7-13(21)22)18-15(24)12(8-20)19-16(25)26-9-10-4-2-1-3-5-10/h1-5,11-12,20H,6-9H2,(H2,17,23)(H,18,24)(H,19,25)(H,21,22)/t11-,12-/m0/s1. The predicted octanol–water partition coefficient (Wildman–Crippen LogP) is -0.891. The minimum Gasteiger partial charge on any atom is -0.481 e. The Bertz CT molecular complexity index is 636. The lowest BCUT2D eigenvalue weighted by molar-refractivity contribution is -0.138. The van der Waals surface area contributed by atoms with Crippen LogP contribution in [-0.4, -0.2) is 52.8 Å². The van der Waals surface area contributed by atoms with Crippen LogP contribution in [0.1, 0.15) is 18.4 Å². The lowest BCUT2D eigenvalue weighted by Gasteiger charge is -2.20. The van der Waals surface area contributed by atoms with E-state index >= 15 is 0 Å². The van der Waals surface area contributed by atoms with E-state index in [4.69, 9.17) is 15.6 Å². The highest BCUT2D eigenvalue weighted by molar-refractivity contribution is 5.91. The maximum absolute atomic E-state index is 12.0. The number of carboxylic acids is 1. The Morgan fingerprint density at radius 1 is 1.08 bits per heavy atom. The van der Waals surface area contributed by atoms with Gasteiger partial charge in [0.2, 0.25) is 11.8 Å². The number of amides is 3. The average molecular weight is 367 g/mol. The fourth-order valence-corrected chi connectivity index (χ4v) is 1.93. The molecule has 0 aliphatic carbocycles. The molecule has 0 radical (unpaired) electrons. The Hall–Kier alpha value is -3.14. The van der Waals surface area contributed by atoms with Gasteiger partial charge in [-0.15, -0.1) is 0 Å². The predicted molar refractivity (Wildman–Crippen MR) is 88.6 cm³/mol. The Labute approximate surface area is 149 Å². The molecule has 10 nitrogen and oxygen atoms in total. The number of benzene rings is 1. The molecule has 1 rings (SSSR count). The molecule has 3 amide bonds. The molecule has 0 aromatic heterocycles. The second-order valence-electron chi connectivity index (χ2n) is 5.34. The maximum Gasteiger partial charge on any atom is 0.408 e. The van der Waals surface area contributed by atoms with Gasteiger partial charge in [-0.1, -0.05) is 30.3 Å².